The Balaban J connectivity index is 2.59. The molecule has 0 atom stereocenters. The van der Waals surface area contributed by atoms with Crippen molar-refractivity contribution in [3.63, 3.8) is 0 Å². The predicted molar refractivity (Wildman–Crippen MR) is 73.8 cm³/mol. The summed E-state index contributed by atoms with van der Waals surface area (Å²) in [4.78, 5) is 10.5. The van der Waals surface area contributed by atoms with Gasteiger partial charge in [0.2, 0.25) is 15.9 Å². The number of primary sulfonamides is 1. The van der Waals surface area contributed by atoms with Gasteiger partial charge in [-0.3, -0.25) is 4.79 Å². The summed E-state index contributed by atoms with van der Waals surface area (Å²) < 4.78 is 22.5. The van der Waals surface area contributed by atoms with Gasteiger partial charge in [-0.25, -0.2) is 13.6 Å². The number of nitrogen functional groups attached to an aromatic ring is 1. The van der Waals surface area contributed by atoms with Gasteiger partial charge in [-0.15, -0.1) is 0 Å². The number of hydrogen-bond donors (Lipinski definition) is 4. The molecule has 0 heterocycles. The molecule has 1 aromatic carbocycles. The van der Waals surface area contributed by atoms with Crippen LogP contribution in [0, 0.1) is 0 Å². The van der Waals surface area contributed by atoms with Gasteiger partial charge >= 0.3 is 0 Å². The fourth-order valence-electron chi connectivity index (χ4n) is 1.55. The standard InChI is InChI=1S/C11H18N4O3S/c12-8-5-9(7-10(6-8)19(14,17)18)15-4-2-1-3-11(13)16/h5-7,15H,1-4,12H2,(H2,13,16)(H2,14,17,18). The highest BCUT2D eigenvalue weighted by atomic mass is 32.2. The van der Waals surface area contributed by atoms with E-state index < -0.39 is 10.0 Å². The Morgan fingerprint density at radius 3 is 2.47 bits per heavy atom. The smallest absolute Gasteiger partial charge is 0.238 e. The lowest BCUT2D eigenvalue weighted by atomic mass is 10.2. The van der Waals surface area contributed by atoms with Crippen molar-refractivity contribution in [1.82, 2.24) is 0 Å². The van der Waals surface area contributed by atoms with Gasteiger partial charge in [-0.1, -0.05) is 0 Å². The summed E-state index contributed by atoms with van der Waals surface area (Å²) in [6, 6.07) is 4.33. The molecule has 7 nitrogen and oxygen atoms in total. The molecule has 0 aliphatic carbocycles. The van der Waals surface area contributed by atoms with Crippen molar-refractivity contribution in [1.29, 1.82) is 0 Å². The Labute approximate surface area is 112 Å². The molecular weight excluding hydrogens is 268 g/mol. The lowest BCUT2D eigenvalue weighted by Crippen LogP contribution is -2.13. The average molecular weight is 286 g/mol. The molecule has 0 unspecified atom stereocenters. The van der Waals surface area contributed by atoms with Crippen LogP contribution in [0.15, 0.2) is 23.1 Å². The highest BCUT2D eigenvalue weighted by molar-refractivity contribution is 7.89. The molecule has 8 heteroatoms. The Kier molecular flexibility index (Phi) is 5.13. The summed E-state index contributed by atoms with van der Waals surface area (Å²) in [5.41, 5.74) is 11.5. The van der Waals surface area contributed by atoms with Gasteiger partial charge in [0.1, 0.15) is 0 Å². The molecule has 0 aromatic heterocycles. The van der Waals surface area contributed by atoms with Crippen molar-refractivity contribution in [3.05, 3.63) is 18.2 Å². The first kappa shape index (κ1) is 15.3. The highest BCUT2D eigenvalue weighted by Crippen LogP contribution is 2.19. The van der Waals surface area contributed by atoms with Gasteiger partial charge in [0.05, 0.1) is 4.90 Å². The molecule has 1 rings (SSSR count). The second-order valence-corrected chi connectivity index (χ2v) is 5.75. The zero-order chi connectivity index (χ0) is 14.5. The van der Waals surface area contributed by atoms with E-state index in [1.807, 2.05) is 0 Å². The first-order valence-corrected chi connectivity index (χ1v) is 7.29. The van der Waals surface area contributed by atoms with E-state index in [0.29, 0.717) is 30.8 Å². The average Bonchev–Trinajstić information content (AvgIpc) is 2.26. The summed E-state index contributed by atoms with van der Waals surface area (Å²) >= 11 is 0. The van der Waals surface area contributed by atoms with Crippen LogP contribution in [-0.2, 0) is 14.8 Å². The minimum Gasteiger partial charge on any atom is -0.399 e. The third kappa shape index (κ3) is 5.58. The lowest BCUT2D eigenvalue weighted by molar-refractivity contribution is -0.118. The fourth-order valence-corrected chi connectivity index (χ4v) is 2.14. The zero-order valence-corrected chi connectivity index (χ0v) is 11.2. The third-order valence-electron chi connectivity index (χ3n) is 2.44. The first-order chi connectivity index (χ1) is 8.79. The minimum absolute atomic E-state index is 0.0351. The van der Waals surface area contributed by atoms with E-state index in [9.17, 15) is 13.2 Å². The summed E-state index contributed by atoms with van der Waals surface area (Å²) in [5, 5.41) is 8.06. The number of nitrogens with two attached hydrogens (primary N) is 3. The molecule has 0 saturated heterocycles. The number of benzene rings is 1. The molecule has 106 valence electrons. The van der Waals surface area contributed by atoms with Crippen molar-refractivity contribution in [2.45, 2.75) is 24.2 Å². The lowest BCUT2D eigenvalue weighted by Gasteiger charge is -2.09. The van der Waals surface area contributed by atoms with Crippen LogP contribution in [0.1, 0.15) is 19.3 Å². The number of hydrogen-bond acceptors (Lipinski definition) is 5. The number of anilines is 2. The van der Waals surface area contributed by atoms with E-state index in [4.69, 9.17) is 16.6 Å². The predicted octanol–water partition coefficient (Wildman–Crippen LogP) is -0.0163. The third-order valence-corrected chi connectivity index (χ3v) is 3.33. The second-order valence-electron chi connectivity index (χ2n) is 4.19. The van der Waals surface area contributed by atoms with Gasteiger partial charge < -0.3 is 16.8 Å². The molecule has 0 spiro atoms. The number of carbonyl (C=O) groups excluding carboxylic acids is 1. The van der Waals surface area contributed by atoms with Crippen molar-refractivity contribution < 1.29 is 13.2 Å². The van der Waals surface area contributed by atoms with Crippen molar-refractivity contribution in [2.24, 2.45) is 10.9 Å². The summed E-state index contributed by atoms with van der Waals surface area (Å²) in [7, 11) is -3.78. The van der Waals surface area contributed by atoms with Gasteiger partial charge in [-0.2, -0.15) is 0 Å². The van der Waals surface area contributed by atoms with Crippen LogP contribution in [0.25, 0.3) is 0 Å². The normalized spacial score (nSPS) is 11.2. The monoisotopic (exact) mass is 286 g/mol. The van der Waals surface area contributed by atoms with Crippen LogP contribution in [0.4, 0.5) is 11.4 Å². The van der Waals surface area contributed by atoms with Crippen LogP contribution in [0.2, 0.25) is 0 Å². The Morgan fingerprint density at radius 1 is 1.21 bits per heavy atom. The summed E-state index contributed by atoms with van der Waals surface area (Å²) in [6.07, 6.45) is 1.75. The number of sulfonamides is 1. The molecule has 0 aliphatic heterocycles. The maximum absolute atomic E-state index is 11.2. The maximum Gasteiger partial charge on any atom is 0.238 e. The second kappa shape index (κ2) is 6.39. The molecular formula is C11H18N4O3S. The van der Waals surface area contributed by atoms with Crippen LogP contribution >= 0.6 is 0 Å². The van der Waals surface area contributed by atoms with Crippen LogP contribution in [0.5, 0.6) is 0 Å². The molecule has 0 radical (unpaired) electrons. The van der Waals surface area contributed by atoms with Crippen molar-refractivity contribution in [2.75, 3.05) is 17.6 Å². The van der Waals surface area contributed by atoms with Gasteiger partial charge in [-0.05, 0) is 31.0 Å². The number of carbonyl (C=O) groups is 1. The molecule has 7 N–H and O–H groups in total. The van der Waals surface area contributed by atoms with E-state index >= 15 is 0 Å². The van der Waals surface area contributed by atoms with E-state index in [1.165, 1.54) is 12.1 Å². The van der Waals surface area contributed by atoms with Gasteiger partial charge in [0.15, 0.2) is 0 Å². The number of nitrogens with one attached hydrogen (secondary N) is 1. The number of amides is 1. The van der Waals surface area contributed by atoms with E-state index in [1.54, 1.807) is 6.07 Å². The summed E-state index contributed by atoms with van der Waals surface area (Å²) in [5.74, 6) is -0.333. The van der Waals surface area contributed by atoms with Gasteiger partial charge in [0, 0.05) is 24.3 Å². The van der Waals surface area contributed by atoms with E-state index in [-0.39, 0.29) is 10.8 Å². The fraction of sp³-hybridized carbons (Fsp3) is 0.364. The SMILES string of the molecule is NC(=O)CCCCNc1cc(N)cc(S(N)(=O)=O)c1. The molecule has 0 bridgehead atoms. The maximum atomic E-state index is 11.2. The largest absolute Gasteiger partial charge is 0.399 e. The summed E-state index contributed by atoms with van der Waals surface area (Å²) in [6.45, 7) is 0.584. The van der Waals surface area contributed by atoms with E-state index in [0.717, 1.165) is 6.42 Å². The molecule has 0 fully saturated rings. The van der Waals surface area contributed by atoms with Gasteiger partial charge in [0.25, 0.3) is 0 Å². The number of primary amides is 1. The molecule has 1 amide bonds. The Morgan fingerprint density at radius 2 is 1.89 bits per heavy atom. The van der Waals surface area contributed by atoms with Crippen LogP contribution in [0.3, 0.4) is 0 Å². The minimum atomic E-state index is -3.78. The first-order valence-electron chi connectivity index (χ1n) is 5.74. The Hall–Kier alpha value is -1.80. The quantitative estimate of drug-likeness (QED) is 0.412. The Bertz CT molecular complexity index is 557. The molecule has 19 heavy (non-hydrogen) atoms. The topological polar surface area (TPSA) is 141 Å². The molecule has 0 aliphatic rings. The highest BCUT2D eigenvalue weighted by Gasteiger charge is 2.09. The molecule has 1 aromatic rings. The molecule has 0 saturated carbocycles. The van der Waals surface area contributed by atoms with Crippen molar-refractivity contribution in [3.8, 4) is 0 Å². The zero-order valence-electron chi connectivity index (χ0n) is 10.4. The number of unbranched alkanes of at least 4 members (excludes halogenated alkanes) is 1. The van der Waals surface area contributed by atoms with Crippen LogP contribution < -0.4 is 21.9 Å². The van der Waals surface area contributed by atoms with Crippen molar-refractivity contribution >= 4 is 27.3 Å². The number of rotatable bonds is 7. The van der Waals surface area contributed by atoms with E-state index in [2.05, 4.69) is 5.32 Å². The van der Waals surface area contributed by atoms with Crippen LogP contribution in [-0.4, -0.2) is 20.9 Å².